The van der Waals surface area contributed by atoms with Crippen molar-refractivity contribution in [3.63, 3.8) is 0 Å². The van der Waals surface area contributed by atoms with Crippen LogP contribution >= 0.6 is 0 Å². The smallest absolute Gasteiger partial charge is 0.285 e. The predicted octanol–water partition coefficient (Wildman–Crippen LogP) is 0.594. The summed E-state index contributed by atoms with van der Waals surface area (Å²) in [6.45, 7) is 3.57. The summed E-state index contributed by atoms with van der Waals surface area (Å²) in [5.74, 6) is 0.460. The van der Waals surface area contributed by atoms with E-state index in [-0.39, 0.29) is 18.1 Å². The van der Waals surface area contributed by atoms with Gasteiger partial charge in [0, 0.05) is 7.05 Å². The Morgan fingerprint density at radius 2 is 2.17 bits per heavy atom. The lowest BCUT2D eigenvalue weighted by Crippen LogP contribution is -2.15. The molecule has 68 valence electrons. The molecule has 0 aromatic carbocycles. The van der Waals surface area contributed by atoms with E-state index in [2.05, 4.69) is 0 Å². The summed E-state index contributed by atoms with van der Waals surface area (Å²) in [7, 11) is 1.54. The molecule has 12 heavy (non-hydrogen) atoms. The number of hydrogen-bond acceptors (Lipinski definition) is 3. The quantitative estimate of drug-likeness (QED) is 0.708. The van der Waals surface area contributed by atoms with Crippen LogP contribution in [0.15, 0.2) is 9.32 Å². The Kier molecular flexibility index (Phi) is 2.38. The summed E-state index contributed by atoms with van der Waals surface area (Å²) in [6.07, 6.45) is 0. The summed E-state index contributed by atoms with van der Waals surface area (Å²) in [4.78, 5) is 11.3. The normalized spacial score (nSPS) is 11.1. The van der Waals surface area contributed by atoms with Crippen molar-refractivity contribution < 1.29 is 9.63 Å². The first-order valence-electron chi connectivity index (χ1n) is 3.87. The molecule has 4 heteroatoms. The van der Waals surface area contributed by atoms with Gasteiger partial charge in [-0.25, -0.2) is 0 Å². The minimum atomic E-state index is -0.219. The van der Waals surface area contributed by atoms with Gasteiger partial charge in [0.15, 0.2) is 5.76 Å². The van der Waals surface area contributed by atoms with Gasteiger partial charge in [0.1, 0.15) is 6.61 Å². The first-order chi connectivity index (χ1) is 5.57. The molecule has 1 aromatic rings. The van der Waals surface area contributed by atoms with E-state index in [4.69, 9.17) is 9.63 Å². The van der Waals surface area contributed by atoms with E-state index in [0.29, 0.717) is 11.3 Å². The van der Waals surface area contributed by atoms with Gasteiger partial charge in [-0.3, -0.25) is 4.79 Å². The van der Waals surface area contributed by atoms with Crippen molar-refractivity contribution in [2.75, 3.05) is 0 Å². The Labute approximate surface area is 70.4 Å². The molecule has 0 aliphatic carbocycles. The van der Waals surface area contributed by atoms with Gasteiger partial charge in [-0.05, 0) is 5.92 Å². The fourth-order valence-electron chi connectivity index (χ4n) is 1.23. The maximum atomic E-state index is 11.3. The zero-order valence-electron chi connectivity index (χ0n) is 7.50. The lowest BCUT2D eigenvalue weighted by atomic mass is 10.1. The minimum absolute atomic E-state index is 0.0876. The van der Waals surface area contributed by atoms with Crippen LogP contribution < -0.4 is 5.56 Å². The molecule has 1 N–H and O–H groups in total. The van der Waals surface area contributed by atoms with Crippen molar-refractivity contribution >= 4 is 0 Å². The summed E-state index contributed by atoms with van der Waals surface area (Å²) in [5.41, 5.74) is 0.411. The van der Waals surface area contributed by atoms with E-state index >= 15 is 0 Å². The number of hydrogen-bond donors (Lipinski definition) is 1. The highest BCUT2D eigenvalue weighted by Gasteiger charge is 2.16. The average Bonchev–Trinajstić information content (AvgIpc) is 2.28. The molecule has 0 unspecified atom stereocenters. The number of aromatic nitrogens is 1. The van der Waals surface area contributed by atoms with Crippen LogP contribution in [0.2, 0.25) is 0 Å². The van der Waals surface area contributed by atoms with Gasteiger partial charge in [0.05, 0.1) is 5.56 Å². The van der Waals surface area contributed by atoms with E-state index < -0.39 is 0 Å². The molecule has 4 nitrogen and oxygen atoms in total. The van der Waals surface area contributed by atoms with Crippen molar-refractivity contribution in [1.29, 1.82) is 0 Å². The van der Waals surface area contributed by atoms with Gasteiger partial charge in [-0.15, -0.1) is 0 Å². The number of nitrogens with zero attached hydrogens (tertiary/aromatic N) is 1. The number of rotatable bonds is 2. The van der Waals surface area contributed by atoms with Crippen LogP contribution in [0, 0.1) is 0 Å². The van der Waals surface area contributed by atoms with Crippen LogP contribution in [0.5, 0.6) is 0 Å². The third-order valence-corrected chi connectivity index (χ3v) is 1.78. The van der Waals surface area contributed by atoms with Crippen LogP contribution in [0.3, 0.4) is 0 Å². The Bertz CT molecular complexity index is 322. The third-order valence-electron chi connectivity index (χ3n) is 1.78. The Morgan fingerprint density at radius 1 is 1.58 bits per heavy atom. The van der Waals surface area contributed by atoms with Crippen molar-refractivity contribution in [2.45, 2.75) is 26.4 Å². The van der Waals surface area contributed by atoms with E-state index in [1.807, 2.05) is 13.8 Å². The molecular formula is C8H13NO3. The van der Waals surface area contributed by atoms with Crippen LogP contribution in [0.1, 0.15) is 31.1 Å². The van der Waals surface area contributed by atoms with Crippen molar-refractivity contribution in [2.24, 2.45) is 7.05 Å². The topological polar surface area (TPSA) is 55.4 Å². The van der Waals surface area contributed by atoms with Crippen LogP contribution in [0.25, 0.3) is 0 Å². The van der Waals surface area contributed by atoms with Gasteiger partial charge in [0.25, 0.3) is 5.56 Å². The maximum absolute atomic E-state index is 11.3. The van der Waals surface area contributed by atoms with Gasteiger partial charge in [-0.2, -0.15) is 4.74 Å². The standard InChI is InChI=1S/C8H13NO3/c1-5(2)7-6(4-10)12-9(3)8(7)11/h5,10H,4H2,1-3H3. The molecule has 0 atom stereocenters. The van der Waals surface area contributed by atoms with Crippen LogP contribution in [-0.2, 0) is 13.7 Å². The molecule has 1 heterocycles. The third kappa shape index (κ3) is 1.30. The molecule has 0 saturated carbocycles. The van der Waals surface area contributed by atoms with Crippen molar-refractivity contribution in [3.05, 3.63) is 21.7 Å². The van der Waals surface area contributed by atoms with Gasteiger partial charge in [-0.1, -0.05) is 13.8 Å². The predicted molar refractivity (Wildman–Crippen MR) is 44.0 cm³/mol. The summed E-state index contributed by atoms with van der Waals surface area (Å²) >= 11 is 0. The Hall–Kier alpha value is -1.03. The molecule has 0 saturated heterocycles. The fraction of sp³-hybridized carbons (Fsp3) is 0.625. The van der Waals surface area contributed by atoms with Gasteiger partial charge >= 0.3 is 0 Å². The monoisotopic (exact) mass is 171 g/mol. The Morgan fingerprint density at radius 3 is 2.50 bits per heavy atom. The molecule has 0 radical (unpaired) electrons. The van der Waals surface area contributed by atoms with E-state index in [1.165, 1.54) is 7.05 Å². The lowest BCUT2D eigenvalue weighted by molar-refractivity contribution is 0.197. The molecule has 0 spiro atoms. The summed E-state index contributed by atoms with van der Waals surface area (Å²) in [6, 6.07) is 0. The fourth-order valence-corrected chi connectivity index (χ4v) is 1.23. The average molecular weight is 171 g/mol. The highest BCUT2D eigenvalue weighted by Crippen LogP contribution is 2.15. The first-order valence-corrected chi connectivity index (χ1v) is 3.87. The highest BCUT2D eigenvalue weighted by atomic mass is 16.5. The molecule has 0 fully saturated rings. The molecule has 1 rings (SSSR count). The Balaban J connectivity index is 3.31. The first kappa shape index (κ1) is 9.06. The summed E-state index contributed by atoms with van der Waals surface area (Å²) in [5, 5.41) is 8.86. The highest BCUT2D eigenvalue weighted by molar-refractivity contribution is 5.17. The molecule has 0 bridgehead atoms. The van der Waals surface area contributed by atoms with Crippen molar-refractivity contribution in [3.8, 4) is 0 Å². The maximum Gasteiger partial charge on any atom is 0.285 e. The molecule has 0 aliphatic rings. The van der Waals surface area contributed by atoms with Gasteiger partial charge < -0.3 is 9.63 Å². The number of aliphatic hydroxyl groups excluding tert-OH is 1. The second-order valence-electron chi connectivity index (χ2n) is 3.04. The van der Waals surface area contributed by atoms with Crippen LogP contribution in [0.4, 0.5) is 0 Å². The number of aryl methyl sites for hydroxylation is 1. The SMILES string of the molecule is CC(C)c1c(CO)on(C)c1=O. The minimum Gasteiger partial charge on any atom is -0.388 e. The van der Waals surface area contributed by atoms with Crippen molar-refractivity contribution in [1.82, 2.24) is 4.74 Å². The molecule has 0 aliphatic heterocycles. The summed E-state index contributed by atoms with van der Waals surface area (Å²) < 4.78 is 6.15. The van der Waals surface area contributed by atoms with Crippen LogP contribution in [-0.4, -0.2) is 9.85 Å². The number of aliphatic hydroxyl groups is 1. The van der Waals surface area contributed by atoms with E-state index in [1.54, 1.807) is 0 Å². The molecule has 1 aromatic heterocycles. The second-order valence-corrected chi connectivity index (χ2v) is 3.04. The lowest BCUT2D eigenvalue weighted by Gasteiger charge is -1.98. The zero-order valence-corrected chi connectivity index (χ0v) is 7.50. The second kappa shape index (κ2) is 3.15. The van der Waals surface area contributed by atoms with E-state index in [0.717, 1.165) is 4.74 Å². The molecular weight excluding hydrogens is 158 g/mol. The van der Waals surface area contributed by atoms with Gasteiger partial charge in [0.2, 0.25) is 0 Å². The molecule has 0 amide bonds. The zero-order chi connectivity index (χ0) is 9.30. The largest absolute Gasteiger partial charge is 0.388 e. The van der Waals surface area contributed by atoms with E-state index in [9.17, 15) is 4.79 Å².